The van der Waals surface area contributed by atoms with E-state index in [-0.39, 0.29) is 12.0 Å². The van der Waals surface area contributed by atoms with E-state index in [1.165, 1.54) is 11.5 Å². The minimum Gasteiger partial charge on any atom is -0.481 e. The second-order valence-electron chi connectivity index (χ2n) is 5.72. The van der Waals surface area contributed by atoms with Gasteiger partial charge in [0.1, 0.15) is 0 Å². The second kappa shape index (κ2) is 6.89. The van der Waals surface area contributed by atoms with Crippen LogP contribution in [0.4, 0.5) is 0 Å². The van der Waals surface area contributed by atoms with E-state index in [0.717, 1.165) is 16.5 Å². The summed E-state index contributed by atoms with van der Waals surface area (Å²) in [5.41, 5.74) is 0.0661. The molecule has 0 spiro atoms. The van der Waals surface area contributed by atoms with Crippen LogP contribution in [-0.4, -0.2) is 15.0 Å². The molecule has 1 heterocycles. The topological polar surface area (TPSA) is 59.3 Å². The van der Waals surface area contributed by atoms with Crippen LogP contribution in [0.5, 0.6) is 0 Å². The standard InChI is InChI=1S/C16H21NO3S/c1-11(2)12(7-8-15(18)19)9-10-17-16(20)13-5-3-4-6-14(13)21-17/h3-6,11-12H,7-10H2,1-2H3,(H,18,19). The molecule has 1 N–H and O–H groups in total. The molecule has 2 aromatic rings. The molecule has 1 unspecified atom stereocenters. The van der Waals surface area contributed by atoms with Gasteiger partial charge < -0.3 is 5.11 Å². The van der Waals surface area contributed by atoms with Crippen LogP contribution in [0, 0.1) is 11.8 Å². The predicted octanol–water partition coefficient (Wildman–Crippen LogP) is 3.59. The monoisotopic (exact) mass is 307 g/mol. The molecule has 0 fully saturated rings. The number of carbonyl (C=O) groups is 1. The number of aliphatic carboxylic acids is 1. The van der Waals surface area contributed by atoms with Gasteiger partial charge >= 0.3 is 5.97 Å². The van der Waals surface area contributed by atoms with Gasteiger partial charge in [0.05, 0.1) is 10.1 Å². The Balaban J connectivity index is 2.07. The van der Waals surface area contributed by atoms with Gasteiger partial charge in [-0.2, -0.15) is 0 Å². The maximum absolute atomic E-state index is 12.3. The number of fused-ring (bicyclic) bond motifs is 1. The molecule has 1 atom stereocenters. The van der Waals surface area contributed by atoms with Crippen molar-refractivity contribution in [3.63, 3.8) is 0 Å². The molecule has 0 bridgehead atoms. The van der Waals surface area contributed by atoms with Gasteiger partial charge in [-0.3, -0.25) is 13.5 Å². The molecule has 0 amide bonds. The minimum absolute atomic E-state index is 0.0661. The number of aromatic nitrogens is 1. The second-order valence-corrected chi connectivity index (χ2v) is 6.78. The van der Waals surface area contributed by atoms with E-state index >= 15 is 0 Å². The van der Waals surface area contributed by atoms with Crippen LogP contribution >= 0.6 is 11.5 Å². The third-order valence-corrected chi connectivity index (χ3v) is 5.05. The Kier molecular flexibility index (Phi) is 5.17. The van der Waals surface area contributed by atoms with Gasteiger partial charge in [0.2, 0.25) is 0 Å². The summed E-state index contributed by atoms with van der Waals surface area (Å²) in [5, 5.41) is 9.59. The van der Waals surface area contributed by atoms with E-state index in [2.05, 4.69) is 13.8 Å². The first-order valence-corrected chi connectivity index (χ1v) is 8.07. The summed E-state index contributed by atoms with van der Waals surface area (Å²) in [6.45, 7) is 4.89. The number of aryl methyl sites for hydroxylation is 1. The molecule has 114 valence electrons. The summed E-state index contributed by atoms with van der Waals surface area (Å²) in [6, 6.07) is 7.63. The molecule has 0 saturated heterocycles. The molecule has 1 aromatic carbocycles. The Bertz CT molecular complexity index is 671. The SMILES string of the molecule is CC(C)C(CCC(=O)O)CCn1sc2ccccc2c1=O. The number of carboxylic acids is 1. The summed E-state index contributed by atoms with van der Waals surface area (Å²) in [7, 11) is 0. The van der Waals surface area contributed by atoms with Crippen molar-refractivity contribution in [2.24, 2.45) is 11.8 Å². The van der Waals surface area contributed by atoms with Gasteiger partial charge in [0, 0.05) is 13.0 Å². The number of hydrogen-bond donors (Lipinski definition) is 1. The fourth-order valence-corrected chi connectivity index (χ4v) is 3.58. The van der Waals surface area contributed by atoms with Crippen molar-refractivity contribution >= 4 is 27.6 Å². The van der Waals surface area contributed by atoms with Gasteiger partial charge in [0.15, 0.2) is 0 Å². The van der Waals surface area contributed by atoms with Crippen molar-refractivity contribution in [3.05, 3.63) is 34.6 Å². The van der Waals surface area contributed by atoms with Gasteiger partial charge in [0.25, 0.3) is 5.56 Å². The number of benzene rings is 1. The lowest BCUT2D eigenvalue weighted by atomic mass is 9.88. The molecule has 2 rings (SSSR count). The molecule has 0 radical (unpaired) electrons. The molecular weight excluding hydrogens is 286 g/mol. The highest BCUT2D eigenvalue weighted by molar-refractivity contribution is 7.13. The first-order valence-electron chi connectivity index (χ1n) is 7.29. The highest BCUT2D eigenvalue weighted by atomic mass is 32.1. The van der Waals surface area contributed by atoms with Gasteiger partial charge in [-0.15, -0.1) is 0 Å². The zero-order valence-corrected chi connectivity index (χ0v) is 13.2. The summed E-state index contributed by atoms with van der Waals surface area (Å²) in [4.78, 5) is 23.0. The maximum Gasteiger partial charge on any atom is 0.303 e. The first-order chi connectivity index (χ1) is 9.99. The number of rotatable bonds is 7. The summed E-state index contributed by atoms with van der Waals surface area (Å²) >= 11 is 1.49. The highest BCUT2D eigenvalue weighted by Crippen LogP contribution is 2.23. The van der Waals surface area contributed by atoms with Crippen LogP contribution in [0.15, 0.2) is 29.1 Å². The quantitative estimate of drug-likeness (QED) is 0.850. The van der Waals surface area contributed by atoms with Gasteiger partial charge in [-0.05, 0) is 36.8 Å². The number of nitrogens with zero attached hydrogens (tertiary/aromatic N) is 1. The van der Waals surface area contributed by atoms with Crippen molar-refractivity contribution in [3.8, 4) is 0 Å². The number of carboxylic acid groups (broad SMARTS) is 1. The normalized spacial score (nSPS) is 12.9. The Hall–Kier alpha value is -1.62. The van der Waals surface area contributed by atoms with Crippen LogP contribution in [0.3, 0.4) is 0 Å². The average Bonchev–Trinajstić information content (AvgIpc) is 2.75. The fourth-order valence-electron chi connectivity index (χ4n) is 2.57. The van der Waals surface area contributed by atoms with Crippen LogP contribution in [0.1, 0.15) is 33.1 Å². The van der Waals surface area contributed by atoms with Crippen molar-refractivity contribution < 1.29 is 9.90 Å². The zero-order chi connectivity index (χ0) is 15.4. The van der Waals surface area contributed by atoms with Crippen molar-refractivity contribution in [2.45, 2.75) is 39.7 Å². The summed E-state index contributed by atoms with van der Waals surface area (Å²) in [6.07, 6.45) is 1.72. The number of hydrogen-bond acceptors (Lipinski definition) is 3. The molecular formula is C16H21NO3S. The van der Waals surface area contributed by atoms with E-state index in [4.69, 9.17) is 5.11 Å². The Morgan fingerprint density at radius 3 is 2.62 bits per heavy atom. The Labute approximate surface area is 128 Å². The Morgan fingerprint density at radius 2 is 2.00 bits per heavy atom. The lowest BCUT2D eigenvalue weighted by molar-refractivity contribution is -0.137. The van der Waals surface area contributed by atoms with Crippen LogP contribution in [0.2, 0.25) is 0 Å². The molecule has 0 aliphatic heterocycles. The maximum atomic E-state index is 12.3. The molecule has 0 aliphatic rings. The third-order valence-electron chi connectivity index (χ3n) is 3.93. The van der Waals surface area contributed by atoms with Gasteiger partial charge in [-0.1, -0.05) is 37.5 Å². The molecule has 0 saturated carbocycles. The van der Waals surface area contributed by atoms with Crippen LogP contribution in [0.25, 0.3) is 10.1 Å². The van der Waals surface area contributed by atoms with Crippen molar-refractivity contribution in [1.29, 1.82) is 0 Å². The predicted molar refractivity (Wildman–Crippen MR) is 85.9 cm³/mol. The molecule has 4 nitrogen and oxygen atoms in total. The highest BCUT2D eigenvalue weighted by Gasteiger charge is 2.16. The van der Waals surface area contributed by atoms with Crippen molar-refractivity contribution in [1.82, 2.24) is 3.96 Å². The fraction of sp³-hybridized carbons (Fsp3) is 0.500. The van der Waals surface area contributed by atoms with E-state index < -0.39 is 5.97 Å². The first kappa shape index (κ1) is 15.8. The van der Waals surface area contributed by atoms with Gasteiger partial charge in [-0.25, -0.2) is 0 Å². The molecule has 5 heteroatoms. The average molecular weight is 307 g/mol. The lowest BCUT2D eigenvalue weighted by Gasteiger charge is -2.19. The molecule has 21 heavy (non-hydrogen) atoms. The van der Waals surface area contributed by atoms with Crippen LogP contribution < -0.4 is 5.56 Å². The molecule has 1 aromatic heterocycles. The smallest absolute Gasteiger partial charge is 0.303 e. The minimum atomic E-state index is -0.750. The largest absolute Gasteiger partial charge is 0.481 e. The van der Waals surface area contributed by atoms with E-state index in [0.29, 0.717) is 24.8 Å². The summed E-state index contributed by atoms with van der Waals surface area (Å²) < 4.78 is 2.80. The summed E-state index contributed by atoms with van der Waals surface area (Å²) in [5.74, 6) is 0.00678. The lowest BCUT2D eigenvalue weighted by Crippen LogP contribution is -2.18. The van der Waals surface area contributed by atoms with E-state index in [1.54, 1.807) is 3.96 Å². The van der Waals surface area contributed by atoms with Crippen LogP contribution in [-0.2, 0) is 11.3 Å². The zero-order valence-electron chi connectivity index (χ0n) is 12.4. The molecule has 0 aliphatic carbocycles. The Morgan fingerprint density at radius 1 is 1.29 bits per heavy atom. The van der Waals surface area contributed by atoms with E-state index in [1.807, 2.05) is 24.3 Å². The third kappa shape index (κ3) is 3.94. The van der Waals surface area contributed by atoms with E-state index in [9.17, 15) is 9.59 Å². The van der Waals surface area contributed by atoms with Crippen molar-refractivity contribution in [2.75, 3.05) is 0 Å².